The Morgan fingerprint density at radius 2 is 1.55 bits per heavy atom. The zero-order valence-corrected chi connectivity index (χ0v) is 16.4. The smallest absolute Gasteiger partial charge is 0.253 e. The second kappa shape index (κ2) is 8.83. The number of nitrogen functional groups attached to an aromatic ring is 1. The normalized spacial score (nSPS) is 10.9. The lowest BCUT2D eigenvalue weighted by atomic mass is 10.0. The van der Waals surface area contributed by atoms with Crippen molar-refractivity contribution in [2.45, 2.75) is 0 Å². The number of carbonyl (C=O) groups excluding carboxylic acids is 3. The minimum Gasteiger partial charge on any atom is -0.398 e. The van der Waals surface area contributed by atoms with Crippen LogP contribution in [0.15, 0.2) is 48.5 Å². The second-order valence-corrected chi connectivity index (χ2v) is 6.50. The molecular weight excluding hydrogens is 370 g/mol. The Hall–Kier alpha value is -3.94. The van der Waals surface area contributed by atoms with Gasteiger partial charge in [0.05, 0.1) is 0 Å². The Morgan fingerprint density at radius 3 is 2.07 bits per heavy atom. The maximum atomic E-state index is 12.4. The van der Waals surface area contributed by atoms with Gasteiger partial charge >= 0.3 is 0 Å². The summed E-state index contributed by atoms with van der Waals surface area (Å²) >= 11 is 0. The number of hydrogen-bond donors (Lipinski definition) is 4. The van der Waals surface area contributed by atoms with E-state index in [2.05, 4.69) is 5.32 Å². The molecule has 8 nitrogen and oxygen atoms in total. The summed E-state index contributed by atoms with van der Waals surface area (Å²) in [4.78, 5) is 37.5. The molecule has 2 amide bonds. The molecule has 29 heavy (non-hydrogen) atoms. The first kappa shape index (κ1) is 21.4. The Kier molecular flexibility index (Phi) is 6.51. The SMILES string of the molecule is CNC(=O)c1ccc(C(=N)C(=O)C=C(N)c2ccc(C(=O)N(C)C)cc2)c(N)c1. The zero-order valence-electron chi connectivity index (χ0n) is 16.4. The van der Waals surface area contributed by atoms with E-state index in [1.54, 1.807) is 38.4 Å². The standard InChI is InChI=1S/C21H23N5O3/c1-25-20(28)14-8-9-15(17(23)10-14)19(24)18(27)11-16(22)12-4-6-13(7-5-12)21(29)26(2)3/h4-11,24H,22-23H2,1-3H3,(H,25,28). The van der Waals surface area contributed by atoms with Gasteiger partial charge in [0.1, 0.15) is 5.71 Å². The molecule has 0 spiro atoms. The number of anilines is 1. The van der Waals surface area contributed by atoms with Crippen LogP contribution in [-0.2, 0) is 4.79 Å². The van der Waals surface area contributed by atoms with Crippen molar-refractivity contribution < 1.29 is 14.4 Å². The molecule has 0 fully saturated rings. The van der Waals surface area contributed by atoms with Crippen molar-refractivity contribution in [3.05, 3.63) is 70.8 Å². The largest absolute Gasteiger partial charge is 0.398 e. The van der Waals surface area contributed by atoms with E-state index in [-0.39, 0.29) is 34.5 Å². The van der Waals surface area contributed by atoms with E-state index >= 15 is 0 Å². The van der Waals surface area contributed by atoms with Crippen LogP contribution in [0.5, 0.6) is 0 Å². The summed E-state index contributed by atoms with van der Waals surface area (Å²) in [6.07, 6.45) is 1.14. The summed E-state index contributed by atoms with van der Waals surface area (Å²) in [5.74, 6) is -1.09. The molecule has 0 bridgehead atoms. The molecule has 150 valence electrons. The lowest BCUT2D eigenvalue weighted by Crippen LogP contribution is -2.21. The number of benzene rings is 2. The Bertz CT molecular complexity index is 1010. The van der Waals surface area contributed by atoms with Crippen LogP contribution >= 0.6 is 0 Å². The first-order chi connectivity index (χ1) is 13.6. The highest BCUT2D eigenvalue weighted by molar-refractivity contribution is 6.50. The highest BCUT2D eigenvalue weighted by Crippen LogP contribution is 2.17. The van der Waals surface area contributed by atoms with E-state index in [1.807, 2.05) is 0 Å². The molecule has 0 aliphatic carbocycles. The summed E-state index contributed by atoms with van der Waals surface area (Å²) in [5.41, 5.74) is 13.4. The predicted octanol–water partition coefficient (Wildman–Crippen LogP) is 1.27. The number of nitrogens with two attached hydrogens (primary N) is 2. The van der Waals surface area contributed by atoms with E-state index in [4.69, 9.17) is 16.9 Å². The minimum atomic E-state index is -0.629. The fraction of sp³-hybridized carbons (Fsp3) is 0.143. The fourth-order valence-electron chi connectivity index (χ4n) is 2.57. The van der Waals surface area contributed by atoms with Gasteiger partial charge in [-0.15, -0.1) is 0 Å². The Labute approximate surface area is 168 Å². The molecule has 0 radical (unpaired) electrons. The van der Waals surface area contributed by atoms with Gasteiger partial charge in [0.25, 0.3) is 11.8 Å². The van der Waals surface area contributed by atoms with Crippen molar-refractivity contribution in [1.82, 2.24) is 10.2 Å². The van der Waals surface area contributed by atoms with Gasteiger partial charge in [0.2, 0.25) is 5.78 Å². The van der Waals surface area contributed by atoms with E-state index in [1.165, 1.54) is 30.1 Å². The van der Waals surface area contributed by atoms with Crippen LogP contribution in [0.25, 0.3) is 5.70 Å². The first-order valence-corrected chi connectivity index (χ1v) is 8.69. The molecule has 2 aromatic carbocycles. The number of carbonyl (C=O) groups is 3. The maximum Gasteiger partial charge on any atom is 0.253 e. The van der Waals surface area contributed by atoms with Crippen LogP contribution in [0.2, 0.25) is 0 Å². The van der Waals surface area contributed by atoms with E-state index < -0.39 is 5.78 Å². The molecule has 0 aliphatic rings. The molecule has 0 unspecified atom stereocenters. The topological polar surface area (TPSA) is 142 Å². The third-order valence-corrected chi connectivity index (χ3v) is 4.21. The number of allylic oxidation sites excluding steroid dienone is 1. The summed E-state index contributed by atoms with van der Waals surface area (Å²) in [7, 11) is 4.80. The van der Waals surface area contributed by atoms with E-state index in [0.717, 1.165) is 6.08 Å². The molecule has 0 aromatic heterocycles. The number of rotatable bonds is 6. The summed E-state index contributed by atoms with van der Waals surface area (Å²) < 4.78 is 0. The number of amides is 2. The molecule has 8 heteroatoms. The molecule has 6 N–H and O–H groups in total. The summed E-state index contributed by atoms with van der Waals surface area (Å²) in [6, 6.07) is 10.8. The van der Waals surface area contributed by atoms with Gasteiger partial charge in [-0.2, -0.15) is 0 Å². The van der Waals surface area contributed by atoms with Crippen molar-refractivity contribution >= 4 is 34.7 Å². The average Bonchev–Trinajstić information content (AvgIpc) is 2.71. The van der Waals surface area contributed by atoms with Crippen molar-refractivity contribution in [1.29, 1.82) is 5.41 Å². The number of hydrogen-bond acceptors (Lipinski definition) is 6. The highest BCUT2D eigenvalue weighted by Gasteiger charge is 2.16. The fourth-order valence-corrected chi connectivity index (χ4v) is 2.57. The van der Waals surface area contributed by atoms with Crippen molar-refractivity contribution in [3.63, 3.8) is 0 Å². The predicted molar refractivity (Wildman–Crippen MR) is 113 cm³/mol. The summed E-state index contributed by atoms with van der Waals surface area (Å²) in [5, 5.41) is 10.6. The van der Waals surface area contributed by atoms with Crippen molar-refractivity contribution in [2.24, 2.45) is 5.73 Å². The third-order valence-electron chi connectivity index (χ3n) is 4.21. The third kappa shape index (κ3) is 4.86. The molecule has 2 rings (SSSR count). The zero-order chi connectivity index (χ0) is 21.7. The minimum absolute atomic E-state index is 0.142. The van der Waals surface area contributed by atoms with Crippen LogP contribution in [0.1, 0.15) is 31.8 Å². The van der Waals surface area contributed by atoms with Crippen LogP contribution in [0, 0.1) is 5.41 Å². The molecular formula is C21H23N5O3. The van der Waals surface area contributed by atoms with E-state index in [9.17, 15) is 14.4 Å². The molecule has 2 aromatic rings. The molecule has 0 aliphatic heterocycles. The number of ketones is 1. The lowest BCUT2D eigenvalue weighted by Gasteiger charge is -2.11. The van der Waals surface area contributed by atoms with Crippen LogP contribution < -0.4 is 16.8 Å². The summed E-state index contributed by atoms with van der Waals surface area (Å²) in [6.45, 7) is 0. The monoisotopic (exact) mass is 393 g/mol. The molecule has 0 saturated heterocycles. The van der Waals surface area contributed by atoms with Crippen molar-refractivity contribution in [3.8, 4) is 0 Å². The quantitative estimate of drug-likeness (QED) is 0.332. The molecule has 0 heterocycles. The lowest BCUT2D eigenvalue weighted by molar-refractivity contribution is -0.108. The van der Waals surface area contributed by atoms with Crippen LogP contribution in [-0.4, -0.2) is 49.4 Å². The number of nitrogens with zero attached hydrogens (tertiary/aromatic N) is 1. The van der Waals surface area contributed by atoms with E-state index in [0.29, 0.717) is 16.7 Å². The van der Waals surface area contributed by atoms with Crippen LogP contribution in [0.3, 0.4) is 0 Å². The average molecular weight is 393 g/mol. The van der Waals surface area contributed by atoms with Gasteiger partial charge < -0.3 is 21.7 Å². The first-order valence-electron chi connectivity index (χ1n) is 8.69. The van der Waals surface area contributed by atoms with Gasteiger partial charge in [-0.1, -0.05) is 12.1 Å². The Morgan fingerprint density at radius 1 is 1.00 bits per heavy atom. The molecule has 0 saturated carbocycles. The van der Waals surface area contributed by atoms with Gasteiger partial charge in [-0.05, 0) is 35.9 Å². The van der Waals surface area contributed by atoms with Crippen molar-refractivity contribution in [2.75, 3.05) is 26.9 Å². The highest BCUT2D eigenvalue weighted by atomic mass is 16.2. The van der Waals surface area contributed by atoms with Gasteiger partial charge in [-0.3, -0.25) is 19.8 Å². The van der Waals surface area contributed by atoms with Crippen LogP contribution in [0.4, 0.5) is 5.69 Å². The van der Waals surface area contributed by atoms with Gasteiger partial charge in [0.15, 0.2) is 0 Å². The molecule has 0 atom stereocenters. The van der Waals surface area contributed by atoms with Gasteiger partial charge in [0, 0.05) is 55.3 Å². The van der Waals surface area contributed by atoms with Gasteiger partial charge in [-0.25, -0.2) is 0 Å². The maximum absolute atomic E-state index is 12.4. The number of nitrogens with one attached hydrogen (secondary N) is 2. The second-order valence-electron chi connectivity index (χ2n) is 6.50. The Balaban J connectivity index is 2.21.